The Bertz CT molecular complexity index is 789. The second-order valence-electron chi connectivity index (χ2n) is 9.59. The molecule has 2 heterocycles. The van der Waals surface area contributed by atoms with E-state index >= 15 is 0 Å². The van der Waals surface area contributed by atoms with Gasteiger partial charge in [0.25, 0.3) is 0 Å². The van der Waals surface area contributed by atoms with E-state index in [1.165, 1.54) is 0 Å². The van der Waals surface area contributed by atoms with Gasteiger partial charge in [-0.25, -0.2) is 9.59 Å². The Kier molecular flexibility index (Phi) is 6.77. The minimum atomic E-state index is -0.656. The number of carbonyl (C=O) groups is 3. The number of rotatable bonds is 4. The van der Waals surface area contributed by atoms with E-state index in [0.717, 1.165) is 18.4 Å². The van der Waals surface area contributed by atoms with Crippen molar-refractivity contribution in [2.75, 3.05) is 26.2 Å². The van der Waals surface area contributed by atoms with E-state index in [4.69, 9.17) is 9.47 Å². The molecule has 2 saturated heterocycles. The largest absolute Gasteiger partial charge is 0.445 e. The molecule has 2 fully saturated rings. The molecule has 170 valence electrons. The average Bonchev–Trinajstić information content (AvgIpc) is 2.69. The van der Waals surface area contributed by atoms with Crippen molar-refractivity contribution >= 4 is 18.1 Å². The molecule has 0 radical (unpaired) electrons. The van der Waals surface area contributed by atoms with Crippen molar-refractivity contribution in [1.29, 1.82) is 0 Å². The molecule has 2 aliphatic rings. The van der Waals surface area contributed by atoms with Gasteiger partial charge in [0.2, 0.25) is 5.91 Å². The molecule has 3 rings (SSSR count). The Balaban J connectivity index is 1.39. The van der Waals surface area contributed by atoms with E-state index in [0.29, 0.717) is 26.2 Å². The van der Waals surface area contributed by atoms with Gasteiger partial charge in [-0.05, 0) is 46.1 Å². The number of nitrogens with one attached hydrogen (secondary N) is 1. The molecule has 0 saturated carbocycles. The summed E-state index contributed by atoms with van der Waals surface area (Å²) in [5.74, 6) is -0.116. The van der Waals surface area contributed by atoms with Crippen LogP contribution in [0.4, 0.5) is 9.59 Å². The lowest BCUT2D eigenvalue weighted by atomic mass is 9.72. The lowest BCUT2D eigenvalue weighted by Gasteiger charge is -2.53. The van der Waals surface area contributed by atoms with Crippen LogP contribution in [-0.4, -0.2) is 65.7 Å². The van der Waals surface area contributed by atoms with Crippen LogP contribution >= 0.6 is 0 Å². The third-order valence-corrected chi connectivity index (χ3v) is 5.76. The third-order valence-electron chi connectivity index (χ3n) is 5.76. The summed E-state index contributed by atoms with van der Waals surface area (Å²) in [6.45, 7) is 9.98. The number of benzene rings is 1. The van der Waals surface area contributed by atoms with Crippen LogP contribution in [-0.2, 0) is 20.9 Å². The van der Waals surface area contributed by atoms with Crippen molar-refractivity contribution in [3.63, 3.8) is 0 Å². The summed E-state index contributed by atoms with van der Waals surface area (Å²) in [6.07, 6.45) is 0.792. The number of amides is 3. The third kappa shape index (κ3) is 6.12. The fraction of sp³-hybridized carbons (Fsp3) is 0.609. The summed E-state index contributed by atoms with van der Waals surface area (Å²) in [7, 11) is 0. The SMILES string of the molecule is C[C@@H](NC(=O)OCc1ccccc1)C(=O)N1CCC2(CC1)CN(C(=O)OC(C)(C)C)C2. The summed E-state index contributed by atoms with van der Waals surface area (Å²) in [5.41, 5.74) is 0.457. The molecule has 1 atom stereocenters. The number of carbonyl (C=O) groups excluding carboxylic acids is 3. The van der Waals surface area contributed by atoms with E-state index in [9.17, 15) is 14.4 Å². The van der Waals surface area contributed by atoms with Gasteiger partial charge in [-0.2, -0.15) is 0 Å². The summed E-state index contributed by atoms with van der Waals surface area (Å²) < 4.78 is 10.6. The van der Waals surface area contributed by atoms with Crippen LogP contribution < -0.4 is 5.32 Å². The van der Waals surface area contributed by atoms with Gasteiger partial charge in [-0.15, -0.1) is 0 Å². The highest BCUT2D eigenvalue weighted by molar-refractivity contribution is 5.85. The lowest BCUT2D eigenvalue weighted by Crippen LogP contribution is -2.63. The van der Waals surface area contributed by atoms with Gasteiger partial charge in [0.05, 0.1) is 0 Å². The molecule has 1 spiro atoms. The van der Waals surface area contributed by atoms with E-state index in [1.54, 1.807) is 16.7 Å². The number of likely N-dealkylation sites (tertiary alicyclic amines) is 2. The van der Waals surface area contributed by atoms with Crippen molar-refractivity contribution in [1.82, 2.24) is 15.1 Å². The Morgan fingerprint density at radius 3 is 2.26 bits per heavy atom. The smallest absolute Gasteiger partial charge is 0.410 e. The topological polar surface area (TPSA) is 88.2 Å². The van der Waals surface area contributed by atoms with E-state index in [2.05, 4.69) is 5.32 Å². The Hall–Kier alpha value is -2.77. The van der Waals surface area contributed by atoms with E-state index in [-0.39, 0.29) is 24.0 Å². The van der Waals surface area contributed by atoms with Crippen LogP contribution in [0.2, 0.25) is 0 Å². The second kappa shape index (κ2) is 9.16. The zero-order valence-corrected chi connectivity index (χ0v) is 18.8. The standard InChI is InChI=1S/C23H33N3O5/c1-17(24-20(28)30-14-18-8-6-5-7-9-18)19(27)25-12-10-23(11-13-25)15-26(16-23)21(29)31-22(2,3)4/h5-9,17H,10-16H2,1-4H3,(H,24,28)/t17-/m1/s1. The normalized spacial score (nSPS) is 18.7. The van der Waals surface area contributed by atoms with Crippen molar-refractivity contribution in [3.8, 4) is 0 Å². The molecule has 1 aromatic rings. The minimum absolute atomic E-state index is 0.0684. The Morgan fingerprint density at radius 2 is 1.68 bits per heavy atom. The Labute approximate surface area is 183 Å². The van der Waals surface area contributed by atoms with Gasteiger partial charge in [0, 0.05) is 31.6 Å². The number of alkyl carbamates (subject to hydrolysis) is 1. The molecule has 0 bridgehead atoms. The summed E-state index contributed by atoms with van der Waals surface area (Å²) in [5, 5.41) is 2.62. The average molecular weight is 432 g/mol. The number of piperidine rings is 1. The monoisotopic (exact) mass is 431 g/mol. The highest BCUT2D eigenvalue weighted by atomic mass is 16.6. The van der Waals surface area contributed by atoms with Gasteiger partial charge < -0.3 is 24.6 Å². The highest BCUT2D eigenvalue weighted by Crippen LogP contribution is 2.41. The number of hydrogen-bond acceptors (Lipinski definition) is 5. The van der Waals surface area contributed by atoms with Crippen molar-refractivity contribution < 1.29 is 23.9 Å². The molecule has 31 heavy (non-hydrogen) atoms. The van der Waals surface area contributed by atoms with Crippen LogP contribution in [0.15, 0.2) is 30.3 Å². The molecule has 0 aliphatic carbocycles. The zero-order valence-electron chi connectivity index (χ0n) is 18.8. The summed E-state index contributed by atoms with van der Waals surface area (Å²) >= 11 is 0. The predicted octanol–water partition coefficient (Wildman–Crippen LogP) is 3.16. The summed E-state index contributed by atoms with van der Waals surface area (Å²) in [6, 6.07) is 8.73. The van der Waals surface area contributed by atoms with Gasteiger partial charge in [0.15, 0.2) is 0 Å². The molecule has 1 N–H and O–H groups in total. The number of ether oxygens (including phenoxy) is 2. The van der Waals surface area contributed by atoms with E-state index in [1.807, 2.05) is 51.1 Å². The maximum atomic E-state index is 12.7. The first kappa shape index (κ1) is 22.9. The van der Waals surface area contributed by atoms with Crippen LogP contribution in [0.25, 0.3) is 0 Å². The fourth-order valence-corrected chi connectivity index (χ4v) is 4.01. The van der Waals surface area contributed by atoms with E-state index < -0.39 is 17.7 Å². The summed E-state index contributed by atoms with van der Waals surface area (Å²) in [4.78, 5) is 40.4. The number of nitrogens with zero attached hydrogens (tertiary/aromatic N) is 2. The van der Waals surface area contributed by atoms with Gasteiger partial charge >= 0.3 is 12.2 Å². The molecule has 8 heteroatoms. The molecule has 2 aliphatic heterocycles. The first-order chi connectivity index (χ1) is 14.6. The molecular formula is C23H33N3O5. The fourth-order valence-electron chi connectivity index (χ4n) is 4.01. The van der Waals surface area contributed by atoms with Crippen LogP contribution in [0.3, 0.4) is 0 Å². The molecule has 0 aromatic heterocycles. The highest BCUT2D eigenvalue weighted by Gasteiger charge is 2.48. The van der Waals surface area contributed by atoms with Crippen LogP contribution in [0, 0.1) is 5.41 Å². The Morgan fingerprint density at radius 1 is 1.06 bits per heavy atom. The van der Waals surface area contributed by atoms with Crippen LogP contribution in [0.5, 0.6) is 0 Å². The quantitative estimate of drug-likeness (QED) is 0.791. The molecular weight excluding hydrogens is 398 g/mol. The second-order valence-corrected chi connectivity index (χ2v) is 9.59. The maximum absolute atomic E-state index is 12.7. The van der Waals surface area contributed by atoms with Crippen molar-refractivity contribution in [2.45, 2.75) is 58.8 Å². The minimum Gasteiger partial charge on any atom is -0.445 e. The predicted molar refractivity (Wildman–Crippen MR) is 115 cm³/mol. The molecule has 0 unspecified atom stereocenters. The van der Waals surface area contributed by atoms with Gasteiger partial charge in [-0.1, -0.05) is 30.3 Å². The van der Waals surface area contributed by atoms with Crippen molar-refractivity contribution in [3.05, 3.63) is 35.9 Å². The van der Waals surface area contributed by atoms with Gasteiger partial charge in [-0.3, -0.25) is 4.79 Å². The number of hydrogen-bond donors (Lipinski definition) is 1. The molecule has 1 aromatic carbocycles. The first-order valence-electron chi connectivity index (χ1n) is 10.8. The maximum Gasteiger partial charge on any atom is 0.410 e. The lowest BCUT2D eigenvalue weighted by molar-refractivity contribution is -0.137. The van der Waals surface area contributed by atoms with Gasteiger partial charge in [0.1, 0.15) is 18.2 Å². The zero-order chi connectivity index (χ0) is 22.6. The molecule has 8 nitrogen and oxygen atoms in total. The first-order valence-corrected chi connectivity index (χ1v) is 10.8. The van der Waals surface area contributed by atoms with Crippen molar-refractivity contribution in [2.24, 2.45) is 5.41 Å². The molecule has 3 amide bonds. The van der Waals surface area contributed by atoms with Crippen LogP contribution in [0.1, 0.15) is 46.1 Å².